The van der Waals surface area contributed by atoms with Gasteiger partial charge in [-0.3, -0.25) is 10.1 Å². The van der Waals surface area contributed by atoms with Crippen molar-refractivity contribution < 1.29 is 4.92 Å². The smallest absolute Gasteiger partial charge is 0.276 e. The molecular weight excluding hydrogens is 258 g/mol. The van der Waals surface area contributed by atoms with E-state index >= 15 is 0 Å². The highest BCUT2D eigenvalue weighted by Crippen LogP contribution is 2.30. The van der Waals surface area contributed by atoms with Crippen LogP contribution in [0.15, 0.2) is 12.1 Å². The summed E-state index contributed by atoms with van der Waals surface area (Å²) in [6, 6.07) is 2.69. The van der Waals surface area contributed by atoms with Crippen LogP contribution in [-0.4, -0.2) is 41.5 Å². The summed E-state index contributed by atoms with van der Waals surface area (Å²) >= 11 is 0. The van der Waals surface area contributed by atoms with Gasteiger partial charge in [-0.2, -0.15) is 0 Å². The van der Waals surface area contributed by atoms with Crippen LogP contribution in [0.4, 0.5) is 17.3 Å². The lowest BCUT2D eigenvalue weighted by Crippen LogP contribution is -2.40. The van der Waals surface area contributed by atoms with E-state index < -0.39 is 4.92 Å². The van der Waals surface area contributed by atoms with Gasteiger partial charge in [-0.1, -0.05) is 6.92 Å². The summed E-state index contributed by atoms with van der Waals surface area (Å²) in [5, 5.41) is 14.0. The highest BCUT2D eigenvalue weighted by molar-refractivity contribution is 5.52. The maximum Gasteiger partial charge on any atom is 0.276 e. The maximum atomic E-state index is 10.8. The molecule has 110 valence electrons. The zero-order valence-corrected chi connectivity index (χ0v) is 11.9. The van der Waals surface area contributed by atoms with Crippen LogP contribution in [-0.2, 0) is 0 Å². The third-order valence-electron chi connectivity index (χ3n) is 3.93. The minimum absolute atomic E-state index is 0.0338. The van der Waals surface area contributed by atoms with Crippen LogP contribution >= 0.6 is 0 Å². The molecule has 0 aliphatic carbocycles. The van der Waals surface area contributed by atoms with Crippen molar-refractivity contribution >= 4 is 17.3 Å². The number of piperidine rings is 1. The number of nitrogen functional groups attached to an aromatic ring is 1. The number of hydrogen-bond acceptors (Lipinski definition) is 6. The number of rotatable bonds is 4. The van der Waals surface area contributed by atoms with Crippen molar-refractivity contribution in [2.45, 2.75) is 19.8 Å². The summed E-state index contributed by atoms with van der Waals surface area (Å²) in [6.45, 7) is 5.12. The Balaban J connectivity index is 2.02. The molecule has 0 aromatic carbocycles. The quantitative estimate of drug-likeness (QED) is 0.643. The summed E-state index contributed by atoms with van der Waals surface area (Å²) in [4.78, 5) is 16.8. The maximum absolute atomic E-state index is 10.8. The Hall–Kier alpha value is -1.89. The van der Waals surface area contributed by atoms with E-state index in [2.05, 4.69) is 29.2 Å². The Morgan fingerprint density at radius 2 is 2.15 bits per heavy atom. The number of hydrogen-bond donors (Lipinski definition) is 2. The summed E-state index contributed by atoms with van der Waals surface area (Å²) < 4.78 is 0. The number of pyridine rings is 1. The summed E-state index contributed by atoms with van der Waals surface area (Å²) in [5.74, 6) is 0.632. The summed E-state index contributed by atoms with van der Waals surface area (Å²) in [6.07, 6.45) is 2.20. The van der Waals surface area contributed by atoms with Gasteiger partial charge in [-0.05, 0) is 38.4 Å². The third-order valence-corrected chi connectivity index (χ3v) is 3.93. The van der Waals surface area contributed by atoms with E-state index in [1.54, 1.807) is 0 Å². The number of nitrogens with one attached hydrogen (secondary N) is 1. The van der Waals surface area contributed by atoms with E-state index in [0.717, 1.165) is 32.5 Å². The van der Waals surface area contributed by atoms with Gasteiger partial charge in [0, 0.05) is 6.54 Å². The molecule has 0 bridgehead atoms. The van der Waals surface area contributed by atoms with Crippen molar-refractivity contribution in [1.29, 1.82) is 0 Å². The lowest BCUT2D eigenvalue weighted by atomic mass is 9.80. The molecule has 2 rings (SSSR count). The molecule has 1 aliphatic heterocycles. The molecule has 1 aromatic heterocycles. The summed E-state index contributed by atoms with van der Waals surface area (Å²) in [7, 11) is 2.12. The molecule has 0 radical (unpaired) electrons. The molecule has 0 spiro atoms. The van der Waals surface area contributed by atoms with Crippen LogP contribution in [0.2, 0.25) is 0 Å². The fourth-order valence-electron chi connectivity index (χ4n) is 2.37. The highest BCUT2D eigenvalue weighted by atomic mass is 16.6. The lowest BCUT2D eigenvalue weighted by molar-refractivity contribution is -0.384. The van der Waals surface area contributed by atoms with Crippen molar-refractivity contribution in [2.24, 2.45) is 5.41 Å². The van der Waals surface area contributed by atoms with Gasteiger partial charge >= 0.3 is 0 Å². The first-order valence-corrected chi connectivity index (χ1v) is 6.72. The summed E-state index contributed by atoms with van der Waals surface area (Å²) in [5.41, 5.74) is 5.75. The Kier molecular flexibility index (Phi) is 4.08. The Morgan fingerprint density at radius 3 is 2.75 bits per heavy atom. The third kappa shape index (κ3) is 3.57. The van der Waals surface area contributed by atoms with Gasteiger partial charge in [0.25, 0.3) is 5.69 Å². The molecule has 0 atom stereocenters. The predicted octanol–water partition coefficient (Wildman–Crippen LogP) is 1.72. The van der Waals surface area contributed by atoms with E-state index in [4.69, 9.17) is 5.73 Å². The monoisotopic (exact) mass is 279 g/mol. The van der Waals surface area contributed by atoms with Gasteiger partial charge in [0.05, 0.1) is 17.1 Å². The van der Waals surface area contributed by atoms with Crippen LogP contribution in [0.5, 0.6) is 0 Å². The molecule has 0 saturated carbocycles. The van der Waals surface area contributed by atoms with E-state index in [1.807, 2.05) is 0 Å². The molecule has 1 fully saturated rings. The molecule has 0 unspecified atom stereocenters. The number of likely N-dealkylation sites (tertiary alicyclic amines) is 1. The first-order chi connectivity index (χ1) is 9.38. The van der Waals surface area contributed by atoms with Crippen molar-refractivity contribution in [2.75, 3.05) is 37.7 Å². The Labute approximate surface area is 118 Å². The van der Waals surface area contributed by atoms with Crippen molar-refractivity contribution in [1.82, 2.24) is 9.88 Å². The number of anilines is 2. The average Bonchev–Trinajstić information content (AvgIpc) is 2.40. The second-order valence-corrected chi connectivity index (χ2v) is 5.86. The molecular formula is C13H21N5O2. The van der Waals surface area contributed by atoms with Crippen molar-refractivity contribution in [3.63, 3.8) is 0 Å². The number of aromatic nitrogens is 1. The molecule has 2 heterocycles. The molecule has 7 heteroatoms. The van der Waals surface area contributed by atoms with Crippen LogP contribution in [0.25, 0.3) is 0 Å². The van der Waals surface area contributed by atoms with Gasteiger partial charge in [0.15, 0.2) is 0 Å². The normalized spacial score (nSPS) is 18.7. The molecule has 1 aromatic rings. The molecule has 3 N–H and O–H groups in total. The molecule has 1 saturated heterocycles. The molecule has 20 heavy (non-hydrogen) atoms. The van der Waals surface area contributed by atoms with Gasteiger partial charge in [-0.25, -0.2) is 4.98 Å². The zero-order valence-electron chi connectivity index (χ0n) is 11.9. The van der Waals surface area contributed by atoms with Gasteiger partial charge < -0.3 is 16.0 Å². The zero-order chi connectivity index (χ0) is 14.8. The van der Waals surface area contributed by atoms with Gasteiger partial charge in [0.1, 0.15) is 11.6 Å². The number of nitrogens with two attached hydrogens (primary N) is 1. The van der Waals surface area contributed by atoms with E-state index in [1.165, 1.54) is 12.1 Å². The average molecular weight is 279 g/mol. The van der Waals surface area contributed by atoms with Crippen molar-refractivity contribution in [3.8, 4) is 0 Å². The fraction of sp³-hybridized carbons (Fsp3) is 0.615. The lowest BCUT2D eigenvalue weighted by Gasteiger charge is -2.38. The van der Waals surface area contributed by atoms with Crippen LogP contribution in [0, 0.1) is 15.5 Å². The van der Waals surface area contributed by atoms with Crippen LogP contribution < -0.4 is 11.1 Å². The Morgan fingerprint density at radius 1 is 1.50 bits per heavy atom. The first kappa shape index (κ1) is 14.5. The van der Waals surface area contributed by atoms with E-state index in [-0.39, 0.29) is 16.9 Å². The van der Waals surface area contributed by atoms with E-state index in [9.17, 15) is 10.1 Å². The van der Waals surface area contributed by atoms with Gasteiger partial charge in [0.2, 0.25) is 0 Å². The van der Waals surface area contributed by atoms with E-state index in [0.29, 0.717) is 5.82 Å². The predicted molar refractivity (Wildman–Crippen MR) is 78.6 cm³/mol. The second kappa shape index (κ2) is 5.62. The second-order valence-electron chi connectivity index (χ2n) is 5.86. The molecule has 1 aliphatic rings. The Bertz CT molecular complexity index is 498. The highest BCUT2D eigenvalue weighted by Gasteiger charge is 2.28. The minimum Gasteiger partial charge on any atom is -0.383 e. The first-order valence-electron chi connectivity index (χ1n) is 6.72. The fourth-order valence-corrected chi connectivity index (χ4v) is 2.37. The number of nitrogens with zero attached hydrogens (tertiary/aromatic N) is 3. The largest absolute Gasteiger partial charge is 0.383 e. The van der Waals surface area contributed by atoms with Gasteiger partial charge in [-0.15, -0.1) is 0 Å². The van der Waals surface area contributed by atoms with Crippen LogP contribution in [0.3, 0.4) is 0 Å². The molecule has 7 nitrogen and oxygen atoms in total. The van der Waals surface area contributed by atoms with Crippen LogP contribution in [0.1, 0.15) is 19.8 Å². The molecule has 0 amide bonds. The number of nitro groups is 1. The SMILES string of the molecule is CN1CCC(C)(CNc2cc([N+](=O)[O-])cc(N)n2)CC1. The standard InChI is InChI=1S/C13H21N5O2/c1-13(3-5-17(2)6-4-13)9-15-12-8-10(18(19)20)7-11(14)16-12/h7-8H,3-6,9H2,1-2H3,(H3,14,15,16). The van der Waals surface area contributed by atoms with Crippen molar-refractivity contribution in [3.05, 3.63) is 22.2 Å². The topological polar surface area (TPSA) is 97.3 Å². The minimum atomic E-state index is -0.458.